The first-order valence-corrected chi connectivity index (χ1v) is 8.97. The number of carbonyl (C=O) groups is 3. The summed E-state index contributed by atoms with van der Waals surface area (Å²) in [5.74, 6) is 0.215. The summed E-state index contributed by atoms with van der Waals surface area (Å²) in [5, 5.41) is 5.44. The largest absolute Gasteiger partial charge is 0.497 e. The number of nitrogens with one attached hydrogen (secondary N) is 2. The Morgan fingerprint density at radius 1 is 1.14 bits per heavy atom. The van der Waals surface area contributed by atoms with Crippen LogP contribution in [0.3, 0.4) is 0 Å². The van der Waals surface area contributed by atoms with Crippen molar-refractivity contribution in [3.8, 4) is 5.75 Å². The van der Waals surface area contributed by atoms with Gasteiger partial charge >= 0.3 is 6.03 Å². The minimum absolute atomic E-state index is 0.151. The summed E-state index contributed by atoms with van der Waals surface area (Å²) >= 11 is 0. The quantitative estimate of drug-likeness (QED) is 0.676. The van der Waals surface area contributed by atoms with Crippen molar-refractivity contribution >= 4 is 17.8 Å². The van der Waals surface area contributed by atoms with Gasteiger partial charge in [-0.3, -0.25) is 19.5 Å². The number of urea groups is 1. The van der Waals surface area contributed by atoms with Crippen LogP contribution >= 0.6 is 0 Å². The molecule has 1 saturated heterocycles. The fraction of sp³-hybridized carbons (Fsp3) is 0.300. The van der Waals surface area contributed by atoms with Gasteiger partial charge in [-0.2, -0.15) is 0 Å². The van der Waals surface area contributed by atoms with Crippen LogP contribution in [0.4, 0.5) is 4.79 Å². The van der Waals surface area contributed by atoms with Crippen molar-refractivity contribution in [2.45, 2.75) is 32.0 Å². The summed E-state index contributed by atoms with van der Waals surface area (Å²) in [6.07, 6.45) is 3.72. The van der Waals surface area contributed by atoms with Crippen molar-refractivity contribution in [3.63, 3.8) is 0 Å². The number of methoxy groups -OCH3 is 1. The molecule has 146 valence electrons. The molecule has 1 aromatic heterocycles. The zero-order chi connectivity index (χ0) is 19.9. The highest BCUT2D eigenvalue weighted by Gasteiger charge is 2.37. The van der Waals surface area contributed by atoms with Crippen LogP contribution in [0.15, 0.2) is 48.8 Å². The Labute approximate surface area is 162 Å². The Morgan fingerprint density at radius 2 is 1.86 bits per heavy atom. The first-order chi connectivity index (χ1) is 13.6. The highest BCUT2D eigenvalue weighted by atomic mass is 16.5. The first-order valence-electron chi connectivity index (χ1n) is 8.97. The maximum Gasteiger partial charge on any atom is 0.325 e. The molecule has 3 rings (SSSR count). The van der Waals surface area contributed by atoms with Crippen LogP contribution in [-0.2, 0) is 22.7 Å². The van der Waals surface area contributed by atoms with E-state index in [1.165, 1.54) is 4.90 Å². The third-order valence-corrected chi connectivity index (χ3v) is 4.51. The highest BCUT2D eigenvalue weighted by molar-refractivity contribution is 6.04. The number of hydrogen-bond donors (Lipinski definition) is 2. The standard InChI is InChI=1S/C20H22N4O4/c1-28-16-4-2-15(3-5-16)13-24-19(26)17(23-20(24)27)6-7-18(25)22-12-14-8-10-21-11-9-14/h2-5,8-11,17H,6-7,12-13H2,1H3,(H,22,25)(H,23,27)/t17-/m0/s1. The zero-order valence-electron chi connectivity index (χ0n) is 15.6. The van der Waals surface area contributed by atoms with Gasteiger partial charge in [0.15, 0.2) is 0 Å². The van der Waals surface area contributed by atoms with Gasteiger partial charge in [0.1, 0.15) is 11.8 Å². The fourth-order valence-electron chi connectivity index (χ4n) is 2.90. The Morgan fingerprint density at radius 3 is 2.54 bits per heavy atom. The van der Waals surface area contributed by atoms with Crippen molar-refractivity contribution < 1.29 is 19.1 Å². The Bertz CT molecular complexity index is 839. The Kier molecular flexibility index (Phi) is 6.21. The topological polar surface area (TPSA) is 101 Å². The van der Waals surface area contributed by atoms with Crippen molar-refractivity contribution in [2.75, 3.05) is 7.11 Å². The molecule has 1 aliphatic rings. The van der Waals surface area contributed by atoms with E-state index in [-0.39, 0.29) is 31.2 Å². The molecule has 1 aliphatic heterocycles. The lowest BCUT2D eigenvalue weighted by molar-refractivity contribution is -0.128. The summed E-state index contributed by atoms with van der Waals surface area (Å²) in [5.41, 5.74) is 1.76. The molecular weight excluding hydrogens is 360 g/mol. The van der Waals surface area contributed by atoms with E-state index in [2.05, 4.69) is 15.6 Å². The van der Waals surface area contributed by atoms with Crippen LogP contribution < -0.4 is 15.4 Å². The average molecular weight is 382 g/mol. The fourth-order valence-corrected chi connectivity index (χ4v) is 2.90. The molecular formula is C20H22N4O4. The SMILES string of the molecule is COc1ccc(CN2C(=O)N[C@@H](CCC(=O)NCc3ccncc3)C2=O)cc1. The van der Waals surface area contributed by atoms with Gasteiger partial charge < -0.3 is 15.4 Å². The molecule has 0 aliphatic carbocycles. The van der Waals surface area contributed by atoms with Crippen molar-refractivity contribution in [1.29, 1.82) is 0 Å². The molecule has 4 amide bonds. The second kappa shape index (κ2) is 8.98. The van der Waals surface area contributed by atoms with Crippen LogP contribution in [-0.4, -0.2) is 40.9 Å². The minimum Gasteiger partial charge on any atom is -0.497 e. The second-order valence-electron chi connectivity index (χ2n) is 6.45. The molecule has 2 heterocycles. The summed E-state index contributed by atoms with van der Waals surface area (Å²) in [4.78, 5) is 41.8. The third kappa shape index (κ3) is 4.85. The molecule has 1 fully saturated rings. The van der Waals surface area contributed by atoms with Gasteiger partial charge in [0.2, 0.25) is 5.91 Å². The van der Waals surface area contributed by atoms with Crippen LogP contribution in [0, 0.1) is 0 Å². The van der Waals surface area contributed by atoms with Crippen molar-refractivity contribution in [1.82, 2.24) is 20.5 Å². The summed E-state index contributed by atoms with van der Waals surface area (Å²) < 4.78 is 5.10. The van der Waals surface area contributed by atoms with Gasteiger partial charge in [-0.15, -0.1) is 0 Å². The second-order valence-corrected chi connectivity index (χ2v) is 6.45. The number of amides is 4. The number of pyridine rings is 1. The van der Waals surface area contributed by atoms with Crippen molar-refractivity contribution in [2.24, 2.45) is 0 Å². The molecule has 28 heavy (non-hydrogen) atoms. The van der Waals surface area contributed by atoms with E-state index in [0.29, 0.717) is 12.3 Å². The first kappa shape index (κ1) is 19.3. The predicted molar refractivity (Wildman–Crippen MR) is 101 cm³/mol. The maximum absolute atomic E-state index is 12.5. The molecule has 2 N–H and O–H groups in total. The normalized spacial score (nSPS) is 16.0. The van der Waals surface area contributed by atoms with Crippen LogP contribution in [0.25, 0.3) is 0 Å². The Hall–Kier alpha value is -3.42. The van der Waals surface area contributed by atoms with E-state index >= 15 is 0 Å². The van der Waals surface area contributed by atoms with Crippen LogP contribution in [0.2, 0.25) is 0 Å². The number of benzene rings is 1. The van der Waals surface area contributed by atoms with E-state index in [1.54, 1.807) is 43.8 Å². The number of carbonyl (C=O) groups excluding carboxylic acids is 3. The monoisotopic (exact) mass is 382 g/mol. The van der Waals surface area contributed by atoms with Gasteiger partial charge in [0, 0.05) is 25.4 Å². The third-order valence-electron chi connectivity index (χ3n) is 4.51. The molecule has 0 spiro atoms. The lowest BCUT2D eigenvalue weighted by atomic mass is 10.1. The lowest BCUT2D eigenvalue weighted by Crippen LogP contribution is -2.32. The van der Waals surface area contributed by atoms with Gasteiger partial charge in [-0.05, 0) is 41.8 Å². The minimum atomic E-state index is -0.683. The number of rotatable bonds is 8. The maximum atomic E-state index is 12.5. The molecule has 0 bridgehead atoms. The molecule has 1 aromatic carbocycles. The summed E-state index contributed by atoms with van der Waals surface area (Å²) in [6.45, 7) is 0.579. The molecule has 1 atom stereocenters. The van der Waals surface area contributed by atoms with E-state index < -0.39 is 12.1 Å². The number of hydrogen-bond acceptors (Lipinski definition) is 5. The van der Waals surface area contributed by atoms with Gasteiger partial charge in [0.25, 0.3) is 5.91 Å². The number of aromatic nitrogens is 1. The van der Waals surface area contributed by atoms with E-state index in [4.69, 9.17) is 4.74 Å². The smallest absolute Gasteiger partial charge is 0.325 e. The van der Waals surface area contributed by atoms with Crippen LogP contribution in [0.1, 0.15) is 24.0 Å². The van der Waals surface area contributed by atoms with E-state index in [9.17, 15) is 14.4 Å². The van der Waals surface area contributed by atoms with Gasteiger partial charge in [-0.25, -0.2) is 4.79 Å². The molecule has 0 saturated carbocycles. The Balaban J connectivity index is 1.48. The predicted octanol–water partition coefficient (Wildman–Crippen LogP) is 1.61. The molecule has 2 aromatic rings. The molecule has 0 radical (unpaired) electrons. The van der Waals surface area contributed by atoms with E-state index in [0.717, 1.165) is 11.1 Å². The number of imide groups is 1. The highest BCUT2D eigenvalue weighted by Crippen LogP contribution is 2.17. The van der Waals surface area contributed by atoms with Gasteiger partial charge in [-0.1, -0.05) is 12.1 Å². The summed E-state index contributed by atoms with van der Waals surface area (Å²) in [7, 11) is 1.57. The van der Waals surface area contributed by atoms with Gasteiger partial charge in [0.05, 0.1) is 13.7 Å². The number of nitrogens with zero attached hydrogens (tertiary/aromatic N) is 2. The summed E-state index contributed by atoms with van der Waals surface area (Å²) in [6, 6.07) is 9.67. The average Bonchev–Trinajstić information content (AvgIpc) is 2.99. The van der Waals surface area contributed by atoms with Crippen LogP contribution in [0.5, 0.6) is 5.75 Å². The molecule has 8 heteroatoms. The lowest BCUT2D eigenvalue weighted by Gasteiger charge is -2.13. The molecule has 8 nitrogen and oxygen atoms in total. The molecule has 0 unspecified atom stereocenters. The zero-order valence-corrected chi connectivity index (χ0v) is 15.6. The van der Waals surface area contributed by atoms with E-state index in [1.807, 2.05) is 12.1 Å². The number of ether oxygens (including phenoxy) is 1. The van der Waals surface area contributed by atoms with Crippen molar-refractivity contribution in [3.05, 3.63) is 59.9 Å².